The molecule has 1 rings (SSSR count). The van der Waals surface area contributed by atoms with Crippen molar-refractivity contribution >= 4 is 5.91 Å². The maximum Gasteiger partial charge on any atom is 0.234 e. The van der Waals surface area contributed by atoms with Crippen LogP contribution in [-0.2, 0) is 9.53 Å². The number of carbonyl (C=O) groups excluding carboxylic acids is 1. The van der Waals surface area contributed by atoms with Crippen molar-refractivity contribution in [2.45, 2.75) is 77.5 Å². The van der Waals surface area contributed by atoms with Crippen LogP contribution in [0.1, 0.15) is 59.8 Å². The molecule has 1 fully saturated rings. The van der Waals surface area contributed by atoms with E-state index < -0.39 is 0 Å². The van der Waals surface area contributed by atoms with Crippen LogP contribution in [0.5, 0.6) is 0 Å². The zero-order valence-electron chi connectivity index (χ0n) is 12.9. The third kappa shape index (κ3) is 5.11. The van der Waals surface area contributed by atoms with Crippen molar-refractivity contribution in [1.82, 2.24) is 10.6 Å². The topological polar surface area (TPSA) is 50.4 Å². The first-order chi connectivity index (χ1) is 9.05. The zero-order valence-corrected chi connectivity index (χ0v) is 12.9. The van der Waals surface area contributed by atoms with Gasteiger partial charge in [-0.25, -0.2) is 0 Å². The minimum Gasteiger partial charge on any atom is -0.375 e. The molecule has 2 unspecified atom stereocenters. The molecule has 0 aromatic rings. The molecule has 0 bridgehead atoms. The first-order valence-electron chi connectivity index (χ1n) is 7.72. The quantitative estimate of drug-likeness (QED) is 0.746. The lowest BCUT2D eigenvalue weighted by molar-refractivity contribution is -0.125. The maximum atomic E-state index is 11.9. The Morgan fingerprint density at radius 3 is 2.63 bits per heavy atom. The van der Waals surface area contributed by atoms with Crippen molar-refractivity contribution in [3.05, 3.63) is 0 Å². The largest absolute Gasteiger partial charge is 0.375 e. The minimum absolute atomic E-state index is 0.0274. The van der Waals surface area contributed by atoms with Gasteiger partial charge in [-0.2, -0.15) is 0 Å². The number of rotatable bonds is 7. The Hall–Kier alpha value is -0.610. The molecule has 0 aromatic carbocycles. The molecule has 1 heterocycles. The van der Waals surface area contributed by atoms with Gasteiger partial charge in [0.2, 0.25) is 5.91 Å². The molecule has 19 heavy (non-hydrogen) atoms. The van der Waals surface area contributed by atoms with Crippen molar-refractivity contribution < 1.29 is 9.53 Å². The van der Waals surface area contributed by atoms with E-state index in [-0.39, 0.29) is 17.6 Å². The van der Waals surface area contributed by atoms with Crippen LogP contribution in [0.15, 0.2) is 0 Å². The summed E-state index contributed by atoms with van der Waals surface area (Å²) in [5.74, 6) is 0.105. The number of hydrogen-bond acceptors (Lipinski definition) is 3. The highest BCUT2D eigenvalue weighted by molar-refractivity contribution is 5.78. The first-order valence-corrected chi connectivity index (χ1v) is 7.72. The fraction of sp³-hybridized carbons (Fsp3) is 0.933. The van der Waals surface area contributed by atoms with Gasteiger partial charge in [0.25, 0.3) is 0 Å². The van der Waals surface area contributed by atoms with Crippen LogP contribution in [-0.4, -0.2) is 36.7 Å². The smallest absolute Gasteiger partial charge is 0.234 e. The van der Waals surface area contributed by atoms with Crippen molar-refractivity contribution in [2.75, 3.05) is 13.2 Å². The van der Waals surface area contributed by atoms with Crippen molar-refractivity contribution in [3.8, 4) is 0 Å². The van der Waals surface area contributed by atoms with Gasteiger partial charge in [-0.05, 0) is 39.0 Å². The second-order valence-electron chi connectivity index (χ2n) is 5.69. The molecule has 1 aliphatic rings. The van der Waals surface area contributed by atoms with Gasteiger partial charge in [0.05, 0.1) is 12.1 Å². The van der Waals surface area contributed by atoms with E-state index in [0.717, 1.165) is 38.7 Å². The summed E-state index contributed by atoms with van der Waals surface area (Å²) in [7, 11) is 0. The van der Waals surface area contributed by atoms with Crippen LogP contribution < -0.4 is 10.6 Å². The molecule has 2 N–H and O–H groups in total. The Morgan fingerprint density at radius 2 is 2.05 bits per heavy atom. The molecule has 0 aromatic heterocycles. The van der Waals surface area contributed by atoms with Gasteiger partial charge >= 0.3 is 0 Å². The van der Waals surface area contributed by atoms with E-state index in [1.54, 1.807) is 0 Å². The number of ether oxygens (including phenoxy) is 1. The summed E-state index contributed by atoms with van der Waals surface area (Å²) in [5, 5.41) is 6.37. The van der Waals surface area contributed by atoms with Crippen LogP contribution in [0, 0.1) is 0 Å². The summed E-state index contributed by atoms with van der Waals surface area (Å²) in [6.07, 6.45) is 4.94. The summed E-state index contributed by atoms with van der Waals surface area (Å²) < 4.78 is 5.92. The van der Waals surface area contributed by atoms with Gasteiger partial charge in [-0.1, -0.05) is 20.8 Å². The van der Waals surface area contributed by atoms with E-state index in [2.05, 4.69) is 38.3 Å². The van der Waals surface area contributed by atoms with Crippen LogP contribution in [0.25, 0.3) is 0 Å². The number of amides is 1. The third-order valence-electron chi connectivity index (χ3n) is 4.37. The lowest BCUT2D eigenvalue weighted by Crippen LogP contribution is -2.50. The Morgan fingerprint density at radius 1 is 1.37 bits per heavy atom. The van der Waals surface area contributed by atoms with E-state index in [1.165, 1.54) is 0 Å². The molecule has 1 aliphatic heterocycles. The Labute approximate surface area is 117 Å². The fourth-order valence-electron chi connectivity index (χ4n) is 2.58. The SMILES string of the molecule is CCC(C)NCC(=O)NC1CCOC(CC)(CC)C1. The van der Waals surface area contributed by atoms with E-state index in [9.17, 15) is 4.79 Å². The van der Waals surface area contributed by atoms with Gasteiger partial charge in [0, 0.05) is 18.7 Å². The summed E-state index contributed by atoms with van der Waals surface area (Å²) in [6, 6.07) is 0.658. The molecule has 2 atom stereocenters. The molecule has 1 saturated heterocycles. The highest BCUT2D eigenvalue weighted by Gasteiger charge is 2.34. The molecule has 112 valence electrons. The summed E-state index contributed by atoms with van der Waals surface area (Å²) in [4.78, 5) is 11.9. The highest BCUT2D eigenvalue weighted by Crippen LogP contribution is 2.31. The molecule has 1 amide bonds. The van der Waals surface area contributed by atoms with Crippen molar-refractivity contribution in [1.29, 1.82) is 0 Å². The predicted octanol–water partition coefficient (Wildman–Crippen LogP) is 2.23. The average Bonchev–Trinajstić information content (AvgIpc) is 2.44. The first kappa shape index (κ1) is 16.4. The summed E-state index contributed by atoms with van der Waals surface area (Å²) >= 11 is 0. The molecule has 0 aliphatic carbocycles. The molecule has 0 saturated carbocycles. The van der Waals surface area contributed by atoms with Crippen molar-refractivity contribution in [2.24, 2.45) is 0 Å². The Balaban J connectivity index is 2.37. The zero-order chi connectivity index (χ0) is 14.3. The lowest BCUT2D eigenvalue weighted by atomic mass is 9.86. The summed E-state index contributed by atoms with van der Waals surface area (Å²) in [5.41, 5.74) is -0.0274. The van der Waals surface area contributed by atoms with E-state index in [1.807, 2.05) is 0 Å². The molecule has 4 nitrogen and oxygen atoms in total. The normalized spacial score (nSPS) is 23.9. The second-order valence-corrected chi connectivity index (χ2v) is 5.69. The van der Waals surface area contributed by atoms with Gasteiger partial charge in [-0.15, -0.1) is 0 Å². The van der Waals surface area contributed by atoms with Crippen LogP contribution >= 0.6 is 0 Å². The van der Waals surface area contributed by atoms with Crippen molar-refractivity contribution in [3.63, 3.8) is 0 Å². The average molecular weight is 270 g/mol. The van der Waals surface area contributed by atoms with Gasteiger partial charge < -0.3 is 15.4 Å². The van der Waals surface area contributed by atoms with Gasteiger partial charge in [0.1, 0.15) is 0 Å². The number of carbonyl (C=O) groups is 1. The minimum atomic E-state index is -0.0274. The second kappa shape index (κ2) is 7.85. The fourth-order valence-corrected chi connectivity index (χ4v) is 2.58. The number of nitrogens with one attached hydrogen (secondary N) is 2. The van der Waals surface area contributed by atoms with Gasteiger partial charge in [-0.3, -0.25) is 4.79 Å². The lowest BCUT2D eigenvalue weighted by Gasteiger charge is -2.40. The molecule has 0 spiro atoms. The standard InChI is InChI=1S/C15H30N2O2/c1-5-12(4)16-11-14(18)17-13-8-9-19-15(6-2,7-3)10-13/h12-13,16H,5-11H2,1-4H3,(H,17,18). The third-order valence-corrected chi connectivity index (χ3v) is 4.37. The van der Waals surface area contributed by atoms with Crippen LogP contribution in [0.2, 0.25) is 0 Å². The molecule has 0 radical (unpaired) electrons. The molecular formula is C15H30N2O2. The van der Waals surface area contributed by atoms with Gasteiger partial charge in [0.15, 0.2) is 0 Å². The highest BCUT2D eigenvalue weighted by atomic mass is 16.5. The molecular weight excluding hydrogens is 240 g/mol. The van der Waals surface area contributed by atoms with Crippen LogP contribution in [0.4, 0.5) is 0 Å². The Kier molecular flexibility index (Phi) is 6.80. The molecule has 4 heteroatoms. The monoisotopic (exact) mass is 270 g/mol. The predicted molar refractivity (Wildman–Crippen MR) is 78.2 cm³/mol. The maximum absolute atomic E-state index is 11.9. The number of hydrogen-bond donors (Lipinski definition) is 2. The van der Waals surface area contributed by atoms with E-state index in [0.29, 0.717) is 12.6 Å². The van der Waals surface area contributed by atoms with E-state index in [4.69, 9.17) is 4.74 Å². The Bertz CT molecular complexity index is 277. The van der Waals surface area contributed by atoms with Crippen LogP contribution in [0.3, 0.4) is 0 Å². The summed E-state index contributed by atoms with van der Waals surface area (Å²) in [6.45, 7) is 9.71. The van der Waals surface area contributed by atoms with E-state index >= 15 is 0 Å².